The van der Waals surface area contributed by atoms with Crippen LogP contribution >= 0.6 is 0 Å². The highest BCUT2D eigenvalue weighted by atomic mass is 19.1. The van der Waals surface area contributed by atoms with E-state index in [2.05, 4.69) is 6.58 Å². The lowest BCUT2D eigenvalue weighted by Gasteiger charge is -2.37. The number of rotatable bonds is 11. The Morgan fingerprint density at radius 1 is 1.10 bits per heavy atom. The summed E-state index contributed by atoms with van der Waals surface area (Å²) in [5, 5.41) is 10.2. The summed E-state index contributed by atoms with van der Waals surface area (Å²) in [5.41, 5.74) is 2.75. The molecule has 8 heteroatoms. The lowest BCUT2D eigenvalue weighted by Crippen LogP contribution is -2.50. The van der Waals surface area contributed by atoms with Gasteiger partial charge in [-0.05, 0) is 36.3 Å². The number of fused-ring (bicyclic) bond motifs is 1. The van der Waals surface area contributed by atoms with Crippen molar-refractivity contribution in [1.82, 2.24) is 4.90 Å². The Kier molecular flexibility index (Phi) is 9.58. The maximum atomic E-state index is 14.7. The number of ether oxygens (including phenoxy) is 3. The molecule has 2 atom stereocenters. The fraction of sp³-hybridized carbons (Fsp3) is 0.212. The van der Waals surface area contributed by atoms with E-state index in [0.29, 0.717) is 28.2 Å². The zero-order valence-corrected chi connectivity index (χ0v) is 23.0. The number of hydrogen-bond donors (Lipinski definition) is 1. The van der Waals surface area contributed by atoms with Crippen molar-refractivity contribution < 1.29 is 33.3 Å². The first-order valence-electron chi connectivity index (χ1n) is 13.1. The van der Waals surface area contributed by atoms with Gasteiger partial charge in [0.15, 0.2) is 23.1 Å². The molecule has 1 aliphatic rings. The summed E-state index contributed by atoms with van der Waals surface area (Å²) in [4.78, 5) is 27.9. The van der Waals surface area contributed by atoms with Gasteiger partial charge in [0.25, 0.3) is 5.91 Å². The number of carbonyl (C=O) groups excluding carboxylic acids is 1. The van der Waals surface area contributed by atoms with E-state index >= 15 is 0 Å². The molecule has 1 N–H and O–H groups in total. The molecule has 0 bridgehead atoms. The molecule has 3 aromatic rings. The van der Waals surface area contributed by atoms with Gasteiger partial charge in [-0.25, -0.2) is 9.18 Å². The topological polar surface area (TPSA) is 85.3 Å². The van der Waals surface area contributed by atoms with Crippen molar-refractivity contribution in [2.45, 2.75) is 38.6 Å². The van der Waals surface area contributed by atoms with Crippen LogP contribution in [0.25, 0.3) is 0 Å². The SMILES string of the molecule is C=C/C(O[C@H](C(=O)N1Cc2ccc(OC)c(OCc3ccccc3)c2C[C@H]1C(=O)O)c1ccccc1)=C(F)\C=C/C. The van der Waals surface area contributed by atoms with Crippen molar-refractivity contribution in [3.8, 4) is 11.5 Å². The Morgan fingerprint density at radius 3 is 2.39 bits per heavy atom. The number of carboxylic acid groups (broad SMARTS) is 1. The minimum Gasteiger partial charge on any atom is -0.493 e. The molecule has 0 aromatic heterocycles. The number of nitrogens with zero attached hydrogens (tertiary/aromatic N) is 1. The monoisotopic (exact) mass is 557 g/mol. The number of hydrogen-bond acceptors (Lipinski definition) is 5. The van der Waals surface area contributed by atoms with Gasteiger partial charge in [0, 0.05) is 24.1 Å². The second-order valence-electron chi connectivity index (χ2n) is 9.36. The highest BCUT2D eigenvalue weighted by Crippen LogP contribution is 2.40. The van der Waals surface area contributed by atoms with Crippen LogP contribution in [0.15, 0.2) is 109 Å². The molecular weight excluding hydrogens is 525 g/mol. The molecule has 0 saturated heterocycles. The predicted molar refractivity (Wildman–Crippen MR) is 153 cm³/mol. The number of benzene rings is 3. The summed E-state index contributed by atoms with van der Waals surface area (Å²) in [7, 11) is 1.52. The van der Waals surface area contributed by atoms with Crippen LogP contribution in [0.5, 0.6) is 11.5 Å². The number of carboxylic acids is 1. The van der Waals surface area contributed by atoms with Crippen molar-refractivity contribution in [3.05, 3.63) is 131 Å². The van der Waals surface area contributed by atoms with Crippen molar-refractivity contribution in [1.29, 1.82) is 0 Å². The standard InChI is InChI=1S/C33H32FNO6/c1-4-12-26(34)28(5-2)41-30(23-15-10-7-11-16-23)32(36)35-20-24-17-18-29(39-3)31(25(24)19-27(35)33(37)38)40-21-22-13-8-6-9-14-22/h4-18,27,30H,2,19-21H2,1,3H3,(H,37,38)/b12-4-,28-26-/t27-,30-/m0/s1. The molecule has 212 valence electrons. The highest BCUT2D eigenvalue weighted by Gasteiger charge is 2.40. The van der Waals surface area contributed by atoms with Crippen molar-refractivity contribution >= 4 is 11.9 Å². The molecular formula is C33H32FNO6. The molecule has 1 aliphatic heterocycles. The van der Waals surface area contributed by atoms with Gasteiger partial charge in [-0.1, -0.05) is 79.4 Å². The lowest BCUT2D eigenvalue weighted by atomic mass is 9.91. The normalized spacial score (nSPS) is 15.9. The summed E-state index contributed by atoms with van der Waals surface area (Å²) in [6.07, 6.45) is 2.55. The first-order chi connectivity index (χ1) is 19.9. The van der Waals surface area contributed by atoms with E-state index in [1.807, 2.05) is 30.3 Å². The van der Waals surface area contributed by atoms with Crippen molar-refractivity contribution in [3.63, 3.8) is 0 Å². The molecule has 1 heterocycles. The molecule has 0 spiro atoms. The smallest absolute Gasteiger partial charge is 0.326 e. The summed E-state index contributed by atoms with van der Waals surface area (Å²) in [6.45, 7) is 5.50. The Balaban J connectivity index is 1.72. The van der Waals surface area contributed by atoms with Crippen LogP contribution in [0.1, 0.15) is 35.3 Å². The number of methoxy groups -OCH3 is 1. The van der Waals surface area contributed by atoms with Crippen LogP contribution in [-0.2, 0) is 33.9 Å². The molecule has 0 unspecified atom stereocenters. The molecule has 41 heavy (non-hydrogen) atoms. The number of halogens is 1. The Labute approximate surface area is 238 Å². The third-order valence-electron chi connectivity index (χ3n) is 6.76. The van der Waals surface area contributed by atoms with Gasteiger partial charge in [0.2, 0.25) is 6.10 Å². The zero-order valence-electron chi connectivity index (χ0n) is 23.0. The average molecular weight is 558 g/mol. The Hall–Kier alpha value is -4.85. The van der Waals surface area contributed by atoms with Crippen LogP contribution in [0.4, 0.5) is 4.39 Å². The largest absolute Gasteiger partial charge is 0.493 e. The zero-order chi connectivity index (χ0) is 29.4. The quantitative estimate of drug-likeness (QED) is 0.220. The maximum Gasteiger partial charge on any atom is 0.326 e. The summed E-state index contributed by atoms with van der Waals surface area (Å²) in [5.74, 6) is -1.84. The molecule has 0 saturated carbocycles. The van der Waals surface area contributed by atoms with Gasteiger partial charge in [-0.15, -0.1) is 0 Å². The van der Waals surface area contributed by atoms with E-state index in [0.717, 1.165) is 5.56 Å². The second kappa shape index (κ2) is 13.5. The van der Waals surface area contributed by atoms with Gasteiger partial charge in [-0.3, -0.25) is 4.79 Å². The number of allylic oxidation sites excluding steroid dienone is 4. The Bertz CT molecular complexity index is 1450. The summed E-state index contributed by atoms with van der Waals surface area (Å²) < 4.78 is 32.3. The molecule has 1 amide bonds. The first-order valence-corrected chi connectivity index (χ1v) is 13.1. The molecule has 0 aliphatic carbocycles. The molecule has 3 aromatic carbocycles. The van der Waals surface area contributed by atoms with Crippen LogP contribution in [0.2, 0.25) is 0 Å². The third kappa shape index (κ3) is 6.66. The fourth-order valence-corrected chi connectivity index (χ4v) is 4.71. The first kappa shape index (κ1) is 29.1. The highest BCUT2D eigenvalue weighted by molar-refractivity contribution is 5.88. The van der Waals surface area contributed by atoms with E-state index in [9.17, 15) is 19.1 Å². The number of carbonyl (C=O) groups is 2. The molecule has 4 rings (SSSR count). The minimum atomic E-state index is -1.31. The van der Waals surface area contributed by atoms with Crippen molar-refractivity contribution in [2.24, 2.45) is 0 Å². The van der Waals surface area contributed by atoms with Gasteiger partial charge in [0.05, 0.1) is 7.11 Å². The van der Waals surface area contributed by atoms with E-state index in [-0.39, 0.29) is 25.3 Å². The average Bonchev–Trinajstić information content (AvgIpc) is 3.00. The van der Waals surface area contributed by atoms with Crippen LogP contribution in [-0.4, -0.2) is 35.0 Å². The maximum absolute atomic E-state index is 14.7. The van der Waals surface area contributed by atoms with E-state index in [1.54, 1.807) is 49.4 Å². The second-order valence-corrected chi connectivity index (χ2v) is 9.36. The predicted octanol–water partition coefficient (Wildman–Crippen LogP) is 6.31. The van der Waals surface area contributed by atoms with E-state index in [1.165, 1.54) is 30.2 Å². The van der Waals surface area contributed by atoms with Gasteiger partial charge < -0.3 is 24.2 Å². The van der Waals surface area contributed by atoms with E-state index in [4.69, 9.17) is 14.2 Å². The fourth-order valence-electron chi connectivity index (χ4n) is 4.71. The van der Waals surface area contributed by atoms with Crippen LogP contribution < -0.4 is 9.47 Å². The summed E-state index contributed by atoms with van der Waals surface area (Å²) >= 11 is 0. The number of aliphatic carboxylic acids is 1. The van der Waals surface area contributed by atoms with Gasteiger partial charge >= 0.3 is 5.97 Å². The minimum absolute atomic E-state index is 0.0175. The van der Waals surface area contributed by atoms with Crippen LogP contribution in [0.3, 0.4) is 0 Å². The van der Waals surface area contributed by atoms with E-state index < -0.39 is 29.8 Å². The molecule has 0 fully saturated rings. The van der Waals surface area contributed by atoms with Crippen molar-refractivity contribution in [2.75, 3.05) is 7.11 Å². The number of amides is 1. The van der Waals surface area contributed by atoms with Gasteiger partial charge in [-0.2, -0.15) is 0 Å². The summed E-state index contributed by atoms with van der Waals surface area (Å²) in [6, 6.07) is 20.4. The molecule has 0 radical (unpaired) electrons. The molecule has 7 nitrogen and oxygen atoms in total. The van der Waals surface area contributed by atoms with Gasteiger partial charge in [0.1, 0.15) is 12.6 Å². The lowest BCUT2D eigenvalue weighted by molar-refractivity contribution is -0.156. The Morgan fingerprint density at radius 2 is 1.78 bits per heavy atom. The third-order valence-corrected chi connectivity index (χ3v) is 6.76. The van der Waals surface area contributed by atoms with Crippen LogP contribution in [0, 0.1) is 0 Å².